The first-order valence-electron chi connectivity index (χ1n) is 20.6. The van der Waals surface area contributed by atoms with Crippen LogP contribution >= 0.6 is 0 Å². The number of hydrogen-bond donors (Lipinski definition) is 0. The van der Waals surface area contributed by atoms with Gasteiger partial charge in [-0.15, -0.1) is 0 Å². The molecule has 0 saturated carbocycles. The predicted octanol–water partition coefficient (Wildman–Crippen LogP) is 13.6. The summed E-state index contributed by atoms with van der Waals surface area (Å²) in [5.41, 5.74) is 16.4. The lowest BCUT2D eigenvalue weighted by Crippen LogP contribution is -2.28. The summed E-state index contributed by atoms with van der Waals surface area (Å²) < 4.78 is 0. The summed E-state index contributed by atoms with van der Waals surface area (Å²) in [6.45, 7) is 0. The number of rotatable bonds is 8. The van der Waals surface area contributed by atoms with Gasteiger partial charge in [-0.25, -0.2) is 15.0 Å². The number of hydrogen-bond acceptors (Lipinski definition) is 4. The molecule has 2 heterocycles. The van der Waals surface area contributed by atoms with Crippen LogP contribution < -0.4 is 0 Å². The first kappa shape index (κ1) is 36.0. The van der Waals surface area contributed by atoms with Crippen molar-refractivity contribution in [1.29, 1.82) is 0 Å². The first-order valence-corrected chi connectivity index (χ1v) is 20.6. The van der Waals surface area contributed by atoms with Crippen LogP contribution in [0.1, 0.15) is 22.3 Å². The van der Waals surface area contributed by atoms with E-state index >= 15 is 0 Å². The van der Waals surface area contributed by atoms with Gasteiger partial charge in [0.05, 0.1) is 11.1 Å². The molecule has 0 amide bonds. The molecule has 0 atom stereocenters. The Morgan fingerprint density at radius 2 is 0.721 bits per heavy atom. The molecular formula is C57H38N4. The molecule has 8 aromatic carbocycles. The maximum Gasteiger partial charge on any atom is 0.165 e. The molecule has 0 radical (unpaired) electrons. The molecule has 4 heteroatoms. The van der Waals surface area contributed by atoms with E-state index in [2.05, 4.69) is 164 Å². The van der Waals surface area contributed by atoms with Gasteiger partial charge in [-0.05, 0) is 86.0 Å². The first-order chi connectivity index (χ1) is 30.2. The molecule has 1 aliphatic rings. The van der Waals surface area contributed by atoms with E-state index in [9.17, 15) is 0 Å². The van der Waals surface area contributed by atoms with Crippen LogP contribution in [-0.4, -0.2) is 19.9 Å². The Labute approximate surface area is 355 Å². The zero-order chi connectivity index (χ0) is 40.6. The largest absolute Gasteiger partial charge is 0.255 e. The number of benzene rings is 8. The number of nitrogens with zero attached hydrogens (tertiary/aromatic N) is 4. The van der Waals surface area contributed by atoms with E-state index < -0.39 is 5.41 Å². The Hall–Kier alpha value is -8.08. The van der Waals surface area contributed by atoms with Gasteiger partial charge in [-0.2, -0.15) is 0 Å². The Bertz CT molecular complexity index is 3130. The smallest absolute Gasteiger partial charge is 0.165 e. The summed E-state index contributed by atoms with van der Waals surface area (Å²) in [6, 6.07) is 79.4. The van der Waals surface area contributed by atoms with Gasteiger partial charge in [0.15, 0.2) is 17.5 Å². The van der Waals surface area contributed by atoms with Crippen LogP contribution in [0.3, 0.4) is 0 Å². The minimum absolute atomic E-state index is 0.424. The summed E-state index contributed by atoms with van der Waals surface area (Å²) in [6.07, 6.45) is 1.85. The lowest BCUT2D eigenvalue weighted by Gasteiger charge is -2.33. The average Bonchev–Trinajstić information content (AvgIpc) is 3.65. The van der Waals surface area contributed by atoms with Gasteiger partial charge in [-0.1, -0.05) is 194 Å². The second-order valence-corrected chi connectivity index (χ2v) is 15.4. The molecule has 0 N–H and O–H groups in total. The molecule has 0 aliphatic heterocycles. The second kappa shape index (κ2) is 15.3. The highest BCUT2D eigenvalue weighted by atomic mass is 15.0. The van der Waals surface area contributed by atoms with E-state index in [0.717, 1.165) is 44.6 Å². The maximum atomic E-state index is 5.05. The lowest BCUT2D eigenvalue weighted by atomic mass is 9.67. The molecule has 0 saturated heterocycles. The minimum atomic E-state index is -0.424. The molecule has 0 fully saturated rings. The molecule has 10 aromatic rings. The van der Waals surface area contributed by atoms with E-state index in [4.69, 9.17) is 19.9 Å². The Kier molecular flexibility index (Phi) is 9.02. The van der Waals surface area contributed by atoms with Crippen LogP contribution in [-0.2, 0) is 5.41 Å². The van der Waals surface area contributed by atoms with Gasteiger partial charge in [0.25, 0.3) is 0 Å². The maximum absolute atomic E-state index is 5.05. The molecule has 61 heavy (non-hydrogen) atoms. The van der Waals surface area contributed by atoms with Crippen molar-refractivity contribution in [1.82, 2.24) is 19.9 Å². The molecule has 4 nitrogen and oxygen atoms in total. The van der Waals surface area contributed by atoms with E-state index in [1.165, 1.54) is 38.9 Å². The minimum Gasteiger partial charge on any atom is -0.255 e. The van der Waals surface area contributed by atoms with Crippen LogP contribution in [0.5, 0.6) is 0 Å². The number of pyridine rings is 1. The van der Waals surface area contributed by atoms with Gasteiger partial charge in [0.2, 0.25) is 0 Å². The zero-order valence-corrected chi connectivity index (χ0v) is 33.2. The van der Waals surface area contributed by atoms with Crippen molar-refractivity contribution in [3.8, 4) is 78.8 Å². The fourth-order valence-corrected chi connectivity index (χ4v) is 9.00. The van der Waals surface area contributed by atoms with Crippen molar-refractivity contribution < 1.29 is 0 Å². The molecule has 0 bridgehead atoms. The Morgan fingerprint density at radius 1 is 0.279 bits per heavy atom. The van der Waals surface area contributed by atoms with Crippen molar-refractivity contribution in [3.05, 3.63) is 253 Å². The summed E-state index contributed by atoms with van der Waals surface area (Å²) in [5, 5.41) is 0. The van der Waals surface area contributed by atoms with E-state index in [1.54, 1.807) is 0 Å². The quantitative estimate of drug-likeness (QED) is 0.154. The monoisotopic (exact) mass is 778 g/mol. The lowest BCUT2D eigenvalue weighted by molar-refractivity contribution is 0.768. The highest BCUT2D eigenvalue weighted by Gasteiger charge is 2.45. The molecule has 11 rings (SSSR count). The van der Waals surface area contributed by atoms with Crippen LogP contribution in [0.25, 0.3) is 78.8 Å². The van der Waals surface area contributed by atoms with Crippen LogP contribution in [0.2, 0.25) is 0 Å². The van der Waals surface area contributed by atoms with Crippen molar-refractivity contribution >= 4 is 0 Å². The predicted molar refractivity (Wildman–Crippen MR) is 248 cm³/mol. The fraction of sp³-hybridized carbons (Fsp3) is 0.0175. The third-order valence-corrected chi connectivity index (χ3v) is 11.9. The molecule has 286 valence electrons. The third-order valence-electron chi connectivity index (χ3n) is 11.9. The normalized spacial score (nSPS) is 12.4. The SMILES string of the molecule is c1ccc(-c2ccc(-c3nc(-c4ccccc4)nc(-c4cccc(-c5cccc(-c6ccc7c(c6)-c6ccccc6C7(c6ccccc6)c6ccccc6)c5)c4)n3)cn2)cc1. The molecule has 0 unspecified atom stereocenters. The van der Waals surface area contributed by atoms with Gasteiger partial charge in [0.1, 0.15) is 0 Å². The average molecular weight is 779 g/mol. The van der Waals surface area contributed by atoms with Crippen LogP contribution in [0.15, 0.2) is 231 Å². The van der Waals surface area contributed by atoms with Crippen LogP contribution in [0, 0.1) is 0 Å². The number of fused-ring (bicyclic) bond motifs is 3. The van der Waals surface area contributed by atoms with E-state index in [0.29, 0.717) is 17.5 Å². The highest BCUT2D eigenvalue weighted by molar-refractivity contribution is 5.89. The molecule has 0 spiro atoms. The van der Waals surface area contributed by atoms with Crippen molar-refractivity contribution in [3.63, 3.8) is 0 Å². The summed E-state index contributed by atoms with van der Waals surface area (Å²) in [7, 11) is 0. The van der Waals surface area contributed by atoms with Gasteiger partial charge >= 0.3 is 0 Å². The van der Waals surface area contributed by atoms with E-state index in [-0.39, 0.29) is 0 Å². The molecule has 1 aliphatic carbocycles. The third kappa shape index (κ3) is 6.42. The van der Waals surface area contributed by atoms with Crippen LogP contribution in [0.4, 0.5) is 0 Å². The Morgan fingerprint density at radius 3 is 1.33 bits per heavy atom. The summed E-state index contributed by atoms with van der Waals surface area (Å²) >= 11 is 0. The van der Waals surface area contributed by atoms with E-state index in [1.807, 2.05) is 66.9 Å². The molecular weight excluding hydrogens is 741 g/mol. The molecule has 2 aromatic heterocycles. The Balaban J connectivity index is 0.978. The second-order valence-electron chi connectivity index (χ2n) is 15.4. The topological polar surface area (TPSA) is 51.6 Å². The van der Waals surface area contributed by atoms with Crippen molar-refractivity contribution in [2.24, 2.45) is 0 Å². The van der Waals surface area contributed by atoms with Gasteiger partial charge in [-0.3, -0.25) is 4.98 Å². The van der Waals surface area contributed by atoms with Crippen molar-refractivity contribution in [2.45, 2.75) is 5.41 Å². The number of aromatic nitrogens is 4. The summed E-state index contributed by atoms with van der Waals surface area (Å²) in [4.78, 5) is 19.8. The van der Waals surface area contributed by atoms with Gasteiger partial charge in [0, 0.05) is 28.5 Å². The fourth-order valence-electron chi connectivity index (χ4n) is 9.00. The highest BCUT2D eigenvalue weighted by Crippen LogP contribution is 2.56. The zero-order valence-electron chi connectivity index (χ0n) is 33.2. The standard InChI is InChI=1S/C57H38N4/c1-5-17-39(18-6-1)53-34-32-46(38-58-53)56-60-54(40-19-7-2-8-20-40)59-55(61-56)45-24-16-23-43(36-45)41-21-15-22-42(35-41)44-31-33-52-50(37-44)49-29-13-14-30-51(49)57(52,47-25-9-3-10-26-47)48-27-11-4-12-28-48/h1-38H. The van der Waals surface area contributed by atoms with Crippen molar-refractivity contribution in [2.75, 3.05) is 0 Å². The van der Waals surface area contributed by atoms with Gasteiger partial charge < -0.3 is 0 Å². The summed E-state index contributed by atoms with van der Waals surface area (Å²) in [5.74, 6) is 1.79.